The van der Waals surface area contributed by atoms with E-state index in [1.807, 2.05) is 0 Å². The van der Waals surface area contributed by atoms with Gasteiger partial charge in [0.25, 0.3) is 5.56 Å². The first-order valence-electron chi connectivity index (χ1n) is 5.77. The lowest BCUT2D eigenvalue weighted by atomic mass is 10.2. The van der Waals surface area contributed by atoms with Crippen LogP contribution in [0.2, 0.25) is 0 Å². The summed E-state index contributed by atoms with van der Waals surface area (Å²) in [5, 5.41) is 0.125. The van der Waals surface area contributed by atoms with Crippen molar-refractivity contribution < 1.29 is 13.2 Å². The fourth-order valence-corrected chi connectivity index (χ4v) is 2.09. The van der Waals surface area contributed by atoms with Crippen molar-refractivity contribution in [2.45, 2.75) is 25.1 Å². The van der Waals surface area contributed by atoms with Crippen molar-refractivity contribution in [2.24, 2.45) is 0 Å². The molecule has 1 aliphatic carbocycles. The van der Waals surface area contributed by atoms with E-state index in [0.717, 1.165) is 4.57 Å². The van der Waals surface area contributed by atoms with Gasteiger partial charge in [0, 0.05) is 11.7 Å². The molecule has 100 valence electrons. The molecule has 7 heteroatoms. The van der Waals surface area contributed by atoms with Crippen molar-refractivity contribution in [2.75, 3.05) is 5.73 Å². The van der Waals surface area contributed by atoms with Crippen LogP contribution in [0.3, 0.4) is 0 Å². The molecule has 0 radical (unpaired) electrons. The maximum absolute atomic E-state index is 13.0. The van der Waals surface area contributed by atoms with E-state index in [-0.39, 0.29) is 10.9 Å². The van der Waals surface area contributed by atoms with Gasteiger partial charge in [0.15, 0.2) is 0 Å². The lowest BCUT2D eigenvalue weighted by Gasteiger charge is -2.14. The Hall–Kier alpha value is -2.05. The third-order valence-electron chi connectivity index (χ3n) is 3.09. The summed E-state index contributed by atoms with van der Waals surface area (Å²) in [6.07, 6.45) is -3.51. The number of rotatable bonds is 1. The molecule has 0 amide bonds. The first-order chi connectivity index (χ1) is 8.88. The summed E-state index contributed by atoms with van der Waals surface area (Å²) < 4.78 is 39.7. The average Bonchev–Trinajstić information content (AvgIpc) is 3.12. The number of halogens is 3. The zero-order chi connectivity index (χ0) is 13.8. The monoisotopic (exact) mass is 269 g/mol. The minimum Gasteiger partial charge on any atom is -0.399 e. The standard InChI is InChI=1S/C12H10F3N3O/c13-12(14,15)11-17-9-4-1-6(16)5-8(9)10(19)18(11)7-2-3-7/h1,4-5,7H,2-3,16H2. The molecule has 1 fully saturated rings. The maximum atomic E-state index is 13.0. The second-order valence-electron chi connectivity index (χ2n) is 4.62. The van der Waals surface area contributed by atoms with Crippen molar-refractivity contribution in [3.63, 3.8) is 0 Å². The first-order valence-corrected chi connectivity index (χ1v) is 5.77. The zero-order valence-electron chi connectivity index (χ0n) is 9.74. The van der Waals surface area contributed by atoms with E-state index in [1.165, 1.54) is 18.2 Å². The number of hydrogen-bond donors (Lipinski definition) is 1. The lowest BCUT2D eigenvalue weighted by molar-refractivity contribution is -0.148. The van der Waals surface area contributed by atoms with Crippen LogP contribution < -0.4 is 11.3 Å². The van der Waals surface area contributed by atoms with E-state index < -0.39 is 23.6 Å². The normalized spacial score (nSPS) is 15.9. The number of alkyl halides is 3. The number of hydrogen-bond acceptors (Lipinski definition) is 3. The summed E-state index contributed by atoms with van der Waals surface area (Å²) in [4.78, 5) is 15.8. The predicted molar refractivity (Wildman–Crippen MR) is 63.7 cm³/mol. The van der Waals surface area contributed by atoms with Crippen molar-refractivity contribution >= 4 is 16.6 Å². The number of nitrogens with zero attached hydrogens (tertiary/aromatic N) is 2. The van der Waals surface area contributed by atoms with Crippen LogP contribution in [0.4, 0.5) is 18.9 Å². The van der Waals surface area contributed by atoms with Crippen LogP contribution in [0.5, 0.6) is 0 Å². The van der Waals surface area contributed by atoms with Gasteiger partial charge in [-0.15, -0.1) is 0 Å². The SMILES string of the molecule is Nc1ccc2nc(C(F)(F)F)n(C3CC3)c(=O)c2c1. The van der Waals surface area contributed by atoms with Gasteiger partial charge < -0.3 is 5.73 Å². The van der Waals surface area contributed by atoms with Crippen LogP contribution >= 0.6 is 0 Å². The third kappa shape index (κ3) is 1.94. The molecule has 0 bridgehead atoms. The Labute approximate surface area is 105 Å². The highest BCUT2D eigenvalue weighted by molar-refractivity contribution is 5.81. The van der Waals surface area contributed by atoms with E-state index in [0.29, 0.717) is 18.5 Å². The highest BCUT2D eigenvalue weighted by Gasteiger charge is 2.41. The summed E-state index contributed by atoms with van der Waals surface area (Å²) >= 11 is 0. The molecule has 0 aliphatic heterocycles. The Bertz CT molecular complexity index is 716. The summed E-state index contributed by atoms with van der Waals surface area (Å²) in [6.45, 7) is 0. The molecule has 2 aromatic rings. The van der Waals surface area contributed by atoms with Gasteiger partial charge in [0.2, 0.25) is 5.82 Å². The van der Waals surface area contributed by atoms with Gasteiger partial charge >= 0.3 is 6.18 Å². The second kappa shape index (κ2) is 3.72. The molecular formula is C12H10F3N3O. The van der Waals surface area contributed by atoms with E-state index >= 15 is 0 Å². The van der Waals surface area contributed by atoms with Crippen LogP contribution in [0.1, 0.15) is 24.7 Å². The van der Waals surface area contributed by atoms with Crippen LogP contribution in [0.15, 0.2) is 23.0 Å². The molecule has 1 heterocycles. The molecule has 0 spiro atoms. The third-order valence-corrected chi connectivity index (χ3v) is 3.09. The highest BCUT2D eigenvalue weighted by atomic mass is 19.4. The summed E-state index contributed by atoms with van der Waals surface area (Å²) in [6, 6.07) is 3.72. The largest absolute Gasteiger partial charge is 0.449 e. The molecule has 3 rings (SSSR count). The number of benzene rings is 1. The van der Waals surface area contributed by atoms with Gasteiger partial charge in [-0.2, -0.15) is 13.2 Å². The maximum Gasteiger partial charge on any atom is 0.449 e. The topological polar surface area (TPSA) is 60.9 Å². The van der Waals surface area contributed by atoms with Crippen LogP contribution in [0.25, 0.3) is 10.9 Å². The van der Waals surface area contributed by atoms with Gasteiger partial charge in [-0.25, -0.2) is 4.98 Å². The average molecular weight is 269 g/mol. The molecule has 0 saturated heterocycles. The highest BCUT2D eigenvalue weighted by Crippen LogP contribution is 2.38. The Balaban J connectivity index is 2.40. The summed E-state index contributed by atoms with van der Waals surface area (Å²) in [5.41, 5.74) is 5.23. The Morgan fingerprint density at radius 2 is 2.00 bits per heavy atom. The van der Waals surface area contributed by atoms with Gasteiger partial charge in [-0.05, 0) is 31.0 Å². The van der Waals surface area contributed by atoms with Crippen LogP contribution in [-0.4, -0.2) is 9.55 Å². The minimum atomic E-state index is -4.64. The van der Waals surface area contributed by atoms with Crippen molar-refractivity contribution in [1.82, 2.24) is 9.55 Å². The number of fused-ring (bicyclic) bond motifs is 1. The van der Waals surface area contributed by atoms with E-state index in [1.54, 1.807) is 0 Å². The van der Waals surface area contributed by atoms with Crippen molar-refractivity contribution in [3.05, 3.63) is 34.4 Å². The number of nitrogens with two attached hydrogens (primary N) is 1. The second-order valence-corrected chi connectivity index (χ2v) is 4.62. The molecule has 0 atom stereocenters. The van der Waals surface area contributed by atoms with Gasteiger partial charge in [0.1, 0.15) is 0 Å². The number of nitrogen functional groups attached to an aromatic ring is 1. The Morgan fingerprint density at radius 3 is 2.58 bits per heavy atom. The van der Waals surface area contributed by atoms with E-state index in [2.05, 4.69) is 4.98 Å². The minimum absolute atomic E-state index is 0.0171. The molecule has 19 heavy (non-hydrogen) atoms. The fraction of sp³-hybridized carbons (Fsp3) is 0.333. The van der Waals surface area contributed by atoms with Crippen molar-refractivity contribution in [3.8, 4) is 0 Å². The molecule has 1 aromatic carbocycles. The van der Waals surface area contributed by atoms with Crippen molar-refractivity contribution in [1.29, 1.82) is 0 Å². The fourth-order valence-electron chi connectivity index (χ4n) is 2.09. The lowest BCUT2D eigenvalue weighted by Crippen LogP contribution is -2.29. The Morgan fingerprint density at radius 1 is 1.32 bits per heavy atom. The van der Waals surface area contributed by atoms with Gasteiger partial charge in [-0.1, -0.05) is 0 Å². The smallest absolute Gasteiger partial charge is 0.399 e. The molecule has 1 saturated carbocycles. The molecule has 2 N–H and O–H groups in total. The number of aromatic nitrogens is 2. The van der Waals surface area contributed by atoms with Crippen LogP contribution in [-0.2, 0) is 6.18 Å². The molecule has 4 nitrogen and oxygen atoms in total. The van der Waals surface area contributed by atoms with Crippen LogP contribution in [0, 0.1) is 0 Å². The van der Waals surface area contributed by atoms with Gasteiger partial charge in [-0.3, -0.25) is 9.36 Å². The zero-order valence-corrected chi connectivity index (χ0v) is 9.74. The van der Waals surface area contributed by atoms with E-state index in [9.17, 15) is 18.0 Å². The van der Waals surface area contributed by atoms with Gasteiger partial charge in [0.05, 0.1) is 10.9 Å². The number of anilines is 1. The summed E-state index contributed by atoms with van der Waals surface area (Å²) in [7, 11) is 0. The molecular weight excluding hydrogens is 259 g/mol. The first kappa shape index (κ1) is 12.0. The van der Waals surface area contributed by atoms with E-state index in [4.69, 9.17) is 5.73 Å². The summed E-state index contributed by atoms with van der Waals surface area (Å²) in [5.74, 6) is -1.13. The Kier molecular flexibility index (Phi) is 2.35. The molecule has 1 aliphatic rings. The molecule has 0 unspecified atom stereocenters. The quantitative estimate of drug-likeness (QED) is 0.808. The predicted octanol–water partition coefficient (Wildman–Crippen LogP) is 2.33. The molecule has 1 aromatic heterocycles.